The van der Waals surface area contributed by atoms with Crippen LogP contribution in [0.3, 0.4) is 0 Å². The second-order valence-electron chi connectivity index (χ2n) is 9.26. The fraction of sp³-hybridized carbons (Fsp3) is 0.143. The van der Waals surface area contributed by atoms with Crippen molar-refractivity contribution in [2.75, 3.05) is 6.54 Å². The lowest BCUT2D eigenvalue weighted by Crippen LogP contribution is -2.53. The van der Waals surface area contributed by atoms with Gasteiger partial charge in [0.15, 0.2) is 17.2 Å². The van der Waals surface area contributed by atoms with Gasteiger partial charge in [-0.1, -0.05) is 42.5 Å². The average Bonchev–Trinajstić information content (AvgIpc) is 3.47. The summed E-state index contributed by atoms with van der Waals surface area (Å²) < 4.78 is 69.5. The maximum atomic E-state index is 14.9. The normalized spacial score (nSPS) is 16.8. The van der Waals surface area contributed by atoms with Gasteiger partial charge < -0.3 is 10.6 Å². The molecule has 210 valence electrons. The van der Waals surface area contributed by atoms with Crippen LogP contribution >= 0.6 is 0 Å². The molecule has 5 rings (SSSR count). The molecule has 4 amide bonds. The molecule has 41 heavy (non-hydrogen) atoms. The zero-order valence-electron chi connectivity index (χ0n) is 21.1. The van der Waals surface area contributed by atoms with Crippen LogP contribution in [0.2, 0.25) is 0 Å². The summed E-state index contributed by atoms with van der Waals surface area (Å²) >= 11 is 0. The molecule has 1 aliphatic heterocycles. The van der Waals surface area contributed by atoms with E-state index in [1.54, 1.807) is 37.4 Å². The largest absolute Gasteiger partial charge is 0.416 e. The van der Waals surface area contributed by atoms with Gasteiger partial charge in [0.25, 0.3) is 11.8 Å². The van der Waals surface area contributed by atoms with Crippen LogP contribution in [-0.2, 0) is 23.6 Å². The summed E-state index contributed by atoms with van der Waals surface area (Å²) in [6.45, 7) is -0.525. The number of carbonyl (C=O) groups is 3. The number of aryl methyl sites for hydroxylation is 1. The number of imide groups is 1. The summed E-state index contributed by atoms with van der Waals surface area (Å²) in [6, 6.07) is 14.6. The fourth-order valence-corrected chi connectivity index (χ4v) is 4.66. The van der Waals surface area contributed by atoms with Crippen molar-refractivity contribution in [1.82, 2.24) is 25.7 Å². The Balaban J connectivity index is 1.49. The first-order valence-corrected chi connectivity index (χ1v) is 12.1. The zero-order chi connectivity index (χ0) is 29.5. The summed E-state index contributed by atoms with van der Waals surface area (Å²) in [6.07, 6.45) is -4.66. The number of nitrogens with zero attached hydrogens (tertiary/aromatic N) is 2. The number of hydrogen-bond donors (Lipinski definition) is 3. The molecule has 8 nitrogen and oxygen atoms in total. The van der Waals surface area contributed by atoms with E-state index in [1.165, 1.54) is 4.68 Å². The van der Waals surface area contributed by atoms with Crippen LogP contribution in [-0.4, -0.2) is 34.2 Å². The smallest absolute Gasteiger partial charge is 0.349 e. The standard InChI is InChI=1S/C28H20F5N5O3/c1-38-21(13-20(37-38)15-5-3-2-4-6-15)27(25(40)35-26(41)36-27)14-34-24(39)18-11-12-19(29)23(30)22(18)16-7-9-17(10-8-16)28(31,32)33/h2-13H,14H2,1H3,(H,34,39)(H2,35,36,40,41). The zero-order valence-corrected chi connectivity index (χ0v) is 21.1. The highest BCUT2D eigenvalue weighted by Gasteiger charge is 2.50. The predicted octanol–water partition coefficient (Wildman–Crippen LogP) is 4.52. The molecule has 0 radical (unpaired) electrons. The van der Waals surface area contributed by atoms with Crippen molar-refractivity contribution in [2.24, 2.45) is 7.05 Å². The molecule has 4 aromatic rings. The molecule has 1 unspecified atom stereocenters. The Hall–Kier alpha value is -5.07. The van der Waals surface area contributed by atoms with Crippen LogP contribution in [0, 0.1) is 11.6 Å². The van der Waals surface area contributed by atoms with Gasteiger partial charge in [0.1, 0.15) is 0 Å². The molecule has 0 aliphatic carbocycles. The summed E-state index contributed by atoms with van der Waals surface area (Å²) in [7, 11) is 1.54. The number of rotatable bonds is 6. The van der Waals surface area contributed by atoms with Crippen molar-refractivity contribution in [1.29, 1.82) is 0 Å². The first-order chi connectivity index (χ1) is 19.4. The minimum atomic E-state index is -4.66. The van der Waals surface area contributed by atoms with Gasteiger partial charge in [-0.3, -0.25) is 19.6 Å². The molecular formula is C28H20F5N5O3. The predicted molar refractivity (Wildman–Crippen MR) is 136 cm³/mol. The van der Waals surface area contributed by atoms with Gasteiger partial charge in [-0.05, 0) is 35.9 Å². The van der Waals surface area contributed by atoms with Crippen molar-refractivity contribution in [2.45, 2.75) is 11.7 Å². The van der Waals surface area contributed by atoms with Crippen molar-refractivity contribution in [3.63, 3.8) is 0 Å². The molecule has 1 aliphatic rings. The average molecular weight is 569 g/mol. The molecule has 1 fully saturated rings. The SMILES string of the molecule is Cn1nc(-c2ccccc2)cc1C1(CNC(=O)c2ccc(F)c(F)c2-c2ccc(C(F)(F)F)cc2)NC(=O)NC1=O. The van der Waals surface area contributed by atoms with Gasteiger partial charge in [-0.25, -0.2) is 13.6 Å². The van der Waals surface area contributed by atoms with E-state index in [1.807, 2.05) is 6.07 Å². The van der Waals surface area contributed by atoms with Gasteiger partial charge in [0.2, 0.25) is 0 Å². The summed E-state index contributed by atoms with van der Waals surface area (Å²) in [5.74, 6) is -4.53. The lowest BCUT2D eigenvalue weighted by atomic mass is 9.93. The summed E-state index contributed by atoms with van der Waals surface area (Å²) in [5.41, 5.74) is -2.58. The Labute approximate surface area is 229 Å². The third-order valence-corrected chi connectivity index (χ3v) is 6.68. The number of alkyl halides is 3. The van der Waals surface area contributed by atoms with Crippen molar-refractivity contribution in [3.05, 3.63) is 101 Å². The van der Waals surface area contributed by atoms with Gasteiger partial charge in [-0.2, -0.15) is 18.3 Å². The first kappa shape index (κ1) is 27.5. The Kier molecular flexibility index (Phi) is 6.81. The van der Waals surface area contributed by atoms with E-state index in [-0.39, 0.29) is 11.3 Å². The molecule has 0 spiro atoms. The maximum Gasteiger partial charge on any atom is 0.416 e. The molecule has 3 N–H and O–H groups in total. The highest BCUT2D eigenvalue weighted by atomic mass is 19.4. The first-order valence-electron chi connectivity index (χ1n) is 12.1. The Morgan fingerprint density at radius 2 is 1.66 bits per heavy atom. The summed E-state index contributed by atoms with van der Waals surface area (Å²) in [5, 5.41) is 11.5. The van der Waals surface area contributed by atoms with Crippen LogP contribution < -0.4 is 16.0 Å². The van der Waals surface area contributed by atoms with Gasteiger partial charge in [0.05, 0.1) is 29.1 Å². The topological polar surface area (TPSA) is 105 Å². The van der Waals surface area contributed by atoms with E-state index in [0.717, 1.165) is 23.8 Å². The van der Waals surface area contributed by atoms with Crippen LogP contribution in [0.4, 0.5) is 26.7 Å². The monoisotopic (exact) mass is 569 g/mol. The lowest BCUT2D eigenvalue weighted by Gasteiger charge is -2.26. The van der Waals surface area contributed by atoms with Crippen molar-refractivity contribution >= 4 is 17.8 Å². The number of halogens is 5. The van der Waals surface area contributed by atoms with Crippen LogP contribution in [0.1, 0.15) is 21.6 Å². The molecule has 1 atom stereocenters. The molecule has 0 saturated carbocycles. The minimum absolute atomic E-state index is 0.180. The molecule has 13 heteroatoms. The molecule has 1 aromatic heterocycles. The van der Waals surface area contributed by atoms with E-state index in [9.17, 15) is 36.3 Å². The third-order valence-electron chi connectivity index (χ3n) is 6.68. The molecular weight excluding hydrogens is 549 g/mol. The number of hydrogen-bond acceptors (Lipinski definition) is 4. The van der Waals surface area contributed by atoms with Crippen LogP contribution in [0.15, 0.2) is 72.8 Å². The number of benzene rings is 3. The molecule has 2 heterocycles. The Morgan fingerprint density at radius 3 is 2.27 bits per heavy atom. The number of carbonyl (C=O) groups excluding carboxylic acids is 3. The van der Waals surface area contributed by atoms with E-state index in [2.05, 4.69) is 21.0 Å². The number of urea groups is 1. The third kappa shape index (κ3) is 5.01. The molecule has 3 aromatic carbocycles. The number of aromatic nitrogens is 2. The summed E-state index contributed by atoms with van der Waals surface area (Å²) in [4.78, 5) is 38.6. The molecule has 0 bridgehead atoms. The number of amides is 4. The van der Waals surface area contributed by atoms with Gasteiger partial charge in [0, 0.05) is 18.2 Å². The van der Waals surface area contributed by atoms with Gasteiger partial charge in [-0.15, -0.1) is 0 Å². The van der Waals surface area contributed by atoms with E-state index in [0.29, 0.717) is 23.9 Å². The Bertz CT molecular complexity index is 1670. The highest BCUT2D eigenvalue weighted by molar-refractivity contribution is 6.08. The number of nitrogens with one attached hydrogen (secondary N) is 3. The van der Waals surface area contributed by atoms with Crippen molar-refractivity contribution in [3.8, 4) is 22.4 Å². The second-order valence-corrected chi connectivity index (χ2v) is 9.26. The lowest BCUT2D eigenvalue weighted by molar-refractivity contribution is -0.137. The quantitative estimate of drug-likeness (QED) is 0.235. The van der Waals surface area contributed by atoms with Crippen LogP contribution in [0.25, 0.3) is 22.4 Å². The fourth-order valence-electron chi connectivity index (χ4n) is 4.66. The Morgan fingerprint density at radius 1 is 0.976 bits per heavy atom. The van der Waals surface area contributed by atoms with Gasteiger partial charge >= 0.3 is 12.2 Å². The van der Waals surface area contributed by atoms with Crippen LogP contribution in [0.5, 0.6) is 0 Å². The van der Waals surface area contributed by atoms with Crippen molar-refractivity contribution < 1.29 is 36.3 Å². The minimum Gasteiger partial charge on any atom is -0.349 e. The second kappa shape index (κ2) is 10.2. The van der Waals surface area contributed by atoms with E-state index in [4.69, 9.17) is 0 Å². The highest BCUT2D eigenvalue weighted by Crippen LogP contribution is 2.34. The maximum absolute atomic E-state index is 14.9. The molecule has 1 saturated heterocycles. The van der Waals surface area contributed by atoms with E-state index < -0.39 is 64.4 Å². The van der Waals surface area contributed by atoms with E-state index >= 15 is 0 Å².